The second-order valence-corrected chi connectivity index (χ2v) is 9.70. The molecule has 0 atom stereocenters. The van der Waals surface area contributed by atoms with Crippen molar-refractivity contribution in [2.45, 2.75) is 67.7 Å². The molecule has 1 N–H and O–H groups in total. The van der Waals surface area contributed by atoms with E-state index in [1.54, 1.807) is 20.8 Å². The Morgan fingerprint density at radius 1 is 0.698 bits per heavy atom. The number of aryl methyl sites for hydroxylation is 2. The molecule has 9 nitrogen and oxygen atoms in total. The van der Waals surface area contributed by atoms with E-state index in [4.69, 9.17) is 9.47 Å². The summed E-state index contributed by atoms with van der Waals surface area (Å²) < 4.78 is 15.0. The Labute approximate surface area is 254 Å². The van der Waals surface area contributed by atoms with Crippen molar-refractivity contribution >= 4 is 30.0 Å². The van der Waals surface area contributed by atoms with Crippen LogP contribution in [0.4, 0.5) is 0 Å². The number of allylic oxidation sites excluding steroid dienone is 2. The number of hydrogen-bond donors (Lipinski definition) is 1. The Morgan fingerprint density at radius 3 is 1.49 bits per heavy atom. The monoisotopic (exact) mass is 593 g/mol. The van der Waals surface area contributed by atoms with E-state index in [1.807, 2.05) is 76.2 Å². The summed E-state index contributed by atoms with van der Waals surface area (Å²) in [6, 6.07) is 15.3. The van der Waals surface area contributed by atoms with Gasteiger partial charge < -0.3 is 19.5 Å². The van der Waals surface area contributed by atoms with Crippen molar-refractivity contribution in [3.63, 3.8) is 0 Å². The number of carbonyl (C=O) groups is 5. The highest BCUT2D eigenvalue weighted by molar-refractivity contribution is 6.00. The van der Waals surface area contributed by atoms with Crippen LogP contribution in [-0.4, -0.2) is 49.8 Å². The van der Waals surface area contributed by atoms with Crippen molar-refractivity contribution in [3.05, 3.63) is 93.3 Å². The Balaban J connectivity index is 0.000000418. The van der Waals surface area contributed by atoms with Crippen LogP contribution in [0.15, 0.2) is 71.1 Å². The number of benzene rings is 2. The second kappa shape index (κ2) is 18.8. The zero-order valence-corrected chi connectivity index (χ0v) is 26.4. The van der Waals surface area contributed by atoms with Gasteiger partial charge in [0, 0.05) is 17.0 Å². The molecule has 0 spiro atoms. The molecule has 2 aromatic carbocycles. The summed E-state index contributed by atoms with van der Waals surface area (Å²) in [5, 5.41) is 3.13. The molecule has 43 heavy (non-hydrogen) atoms. The molecule has 3 rings (SSSR count). The summed E-state index contributed by atoms with van der Waals surface area (Å²) in [4.78, 5) is 56.0. The van der Waals surface area contributed by atoms with Gasteiger partial charge in [-0.2, -0.15) is 0 Å². The molecule has 0 bridgehead atoms. The number of rotatable bonds is 9. The van der Waals surface area contributed by atoms with E-state index in [0.717, 1.165) is 23.0 Å². The third kappa shape index (κ3) is 12.1. The minimum absolute atomic E-state index is 0.103. The number of aldehydes is 1. The van der Waals surface area contributed by atoms with E-state index in [0.29, 0.717) is 29.1 Å². The molecule has 0 unspecified atom stereocenters. The lowest BCUT2D eigenvalue weighted by Gasteiger charge is -2.30. The Hall–Kier alpha value is -4.53. The zero-order chi connectivity index (χ0) is 32.5. The van der Waals surface area contributed by atoms with Crippen molar-refractivity contribution < 1.29 is 38.2 Å². The summed E-state index contributed by atoms with van der Waals surface area (Å²) in [6.45, 7) is 15.1. The Bertz CT molecular complexity index is 1280. The number of hydrogen-bond acceptors (Lipinski definition) is 9. The number of ketones is 1. The molecule has 2 aromatic rings. The van der Waals surface area contributed by atoms with Gasteiger partial charge in [0.05, 0.1) is 36.9 Å². The highest BCUT2D eigenvalue weighted by Gasteiger charge is 2.37. The third-order valence-corrected chi connectivity index (χ3v) is 6.07. The molecule has 0 fully saturated rings. The van der Waals surface area contributed by atoms with Crippen molar-refractivity contribution in [2.75, 3.05) is 19.8 Å². The highest BCUT2D eigenvalue weighted by Crippen LogP contribution is 2.39. The van der Waals surface area contributed by atoms with E-state index in [1.165, 1.54) is 12.5 Å². The average Bonchev–Trinajstić information content (AvgIpc) is 2.94. The van der Waals surface area contributed by atoms with E-state index < -0.39 is 23.8 Å². The largest absolute Gasteiger partial charge is 0.466 e. The van der Waals surface area contributed by atoms with Crippen molar-refractivity contribution in [1.82, 2.24) is 5.32 Å². The van der Waals surface area contributed by atoms with Gasteiger partial charge in [-0.25, -0.2) is 9.59 Å². The molecule has 0 aromatic heterocycles. The van der Waals surface area contributed by atoms with Crippen LogP contribution >= 0.6 is 0 Å². The van der Waals surface area contributed by atoms with E-state index in [2.05, 4.69) is 10.1 Å². The van der Waals surface area contributed by atoms with Gasteiger partial charge in [0.1, 0.15) is 18.5 Å². The molecule has 1 aliphatic rings. The van der Waals surface area contributed by atoms with E-state index >= 15 is 0 Å². The fourth-order valence-electron chi connectivity index (χ4n) is 4.11. The van der Waals surface area contributed by atoms with Gasteiger partial charge in [-0.05, 0) is 61.0 Å². The number of carbonyl (C=O) groups excluding carboxylic acids is 5. The first kappa shape index (κ1) is 36.5. The number of nitrogens with one attached hydrogen (secondary N) is 1. The number of esters is 3. The predicted molar refractivity (Wildman–Crippen MR) is 164 cm³/mol. The lowest BCUT2D eigenvalue weighted by Crippen LogP contribution is -2.32. The lowest BCUT2D eigenvalue weighted by molar-refractivity contribution is -0.145. The van der Waals surface area contributed by atoms with E-state index in [-0.39, 0.29) is 25.4 Å². The van der Waals surface area contributed by atoms with Crippen LogP contribution in [0.25, 0.3) is 0 Å². The van der Waals surface area contributed by atoms with Gasteiger partial charge in [-0.15, -0.1) is 0 Å². The quantitative estimate of drug-likeness (QED) is 0.169. The molecular weight excluding hydrogens is 550 g/mol. The molecule has 0 aliphatic carbocycles. The van der Waals surface area contributed by atoms with Crippen LogP contribution in [0.3, 0.4) is 0 Å². The van der Waals surface area contributed by atoms with Crippen molar-refractivity contribution in [3.8, 4) is 0 Å². The number of Topliss-reactive ketones (excluding diaryl/α,β-unsaturated/α-hetero) is 1. The summed E-state index contributed by atoms with van der Waals surface area (Å²) in [7, 11) is 0. The SMILES string of the molecule is CCOC(=O)C1=C(C)NC(C)=C(C(=O)OCC)C1c1ccc(C)cc1.CCOC(=O)CC(C)=O.Cc1ccc(C=O)cc1. The Morgan fingerprint density at radius 2 is 1.12 bits per heavy atom. The summed E-state index contributed by atoms with van der Waals surface area (Å²) in [5.74, 6) is -1.96. The molecular formula is C34H43NO8. The maximum Gasteiger partial charge on any atom is 0.336 e. The maximum atomic E-state index is 12.6. The predicted octanol–water partition coefficient (Wildman–Crippen LogP) is 5.69. The van der Waals surface area contributed by atoms with Gasteiger partial charge in [0.25, 0.3) is 0 Å². The summed E-state index contributed by atoms with van der Waals surface area (Å²) in [6.07, 6.45) is 0.743. The summed E-state index contributed by atoms with van der Waals surface area (Å²) >= 11 is 0. The second-order valence-electron chi connectivity index (χ2n) is 9.70. The normalized spacial score (nSPS) is 12.5. The van der Waals surface area contributed by atoms with Gasteiger partial charge in [0.15, 0.2) is 0 Å². The lowest BCUT2D eigenvalue weighted by atomic mass is 9.80. The third-order valence-electron chi connectivity index (χ3n) is 6.07. The molecule has 0 amide bonds. The fraction of sp³-hybridized carbons (Fsp3) is 0.382. The van der Waals surface area contributed by atoms with Gasteiger partial charge >= 0.3 is 17.9 Å². The summed E-state index contributed by atoms with van der Waals surface area (Å²) in [5.41, 5.74) is 6.15. The molecule has 9 heteroatoms. The van der Waals surface area contributed by atoms with Crippen LogP contribution < -0.4 is 5.32 Å². The average molecular weight is 594 g/mol. The highest BCUT2D eigenvalue weighted by atomic mass is 16.5. The van der Waals surface area contributed by atoms with Crippen LogP contribution in [-0.2, 0) is 33.4 Å². The molecule has 0 saturated carbocycles. The van der Waals surface area contributed by atoms with Crippen LogP contribution in [0.5, 0.6) is 0 Å². The Kier molecular flexibility index (Phi) is 16.0. The molecule has 0 radical (unpaired) electrons. The topological polar surface area (TPSA) is 125 Å². The molecule has 232 valence electrons. The first-order valence-corrected chi connectivity index (χ1v) is 14.2. The number of dihydropyridines is 1. The maximum absolute atomic E-state index is 12.6. The van der Waals surface area contributed by atoms with Crippen molar-refractivity contribution in [2.24, 2.45) is 0 Å². The van der Waals surface area contributed by atoms with Crippen LogP contribution in [0.1, 0.15) is 80.9 Å². The fourth-order valence-corrected chi connectivity index (χ4v) is 4.11. The minimum Gasteiger partial charge on any atom is -0.466 e. The van der Waals surface area contributed by atoms with Crippen molar-refractivity contribution in [1.29, 1.82) is 0 Å². The van der Waals surface area contributed by atoms with Gasteiger partial charge in [-0.3, -0.25) is 14.4 Å². The van der Waals surface area contributed by atoms with E-state index in [9.17, 15) is 24.0 Å². The first-order valence-electron chi connectivity index (χ1n) is 14.2. The van der Waals surface area contributed by atoms with Gasteiger partial charge in [-0.1, -0.05) is 59.7 Å². The first-order chi connectivity index (χ1) is 20.4. The van der Waals surface area contributed by atoms with Crippen LogP contribution in [0, 0.1) is 13.8 Å². The zero-order valence-electron chi connectivity index (χ0n) is 26.4. The smallest absolute Gasteiger partial charge is 0.336 e. The van der Waals surface area contributed by atoms with Crippen LogP contribution in [0.2, 0.25) is 0 Å². The minimum atomic E-state index is -0.514. The molecule has 0 saturated heterocycles. The number of ether oxygens (including phenoxy) is 3. The molecule has 1 heterocycles. The van der Waals surface area contributed by atoms with Gasteiger partial charge in [0.2, 0.25) is 0 Å². The standard InChI is InChI=1S/C20H25NO4.C8H8O.C6H10O3/c1-6-24-19(22)16-13(4)21-14(5)17(20(23)25-7-2)18(16)15-10-8-12(3)9-11-15;1-7-2-4-8(6-9)5-3-7;1-3-9-6(8)4-5(2)7/h8-11,18,21H,6-7H2,1-5H3;2-6H,1H3;3-4H2,1-2H3. The molecule has 1 aliphatic heterocycles.